The van der Waals surface area contributed by atoms with Crippen molar-refractivity contribution in [1.82, 2.24) is 9.97 Å². The van der Waals surface area contributed by atoms with Gasteiger partial charge in [-0.2, -0.15) is 0 Å². The maximum atomic E-state index is 10.9. The van der Waals surface area contributed by atoms with E-state index in [1.165, 1.54) is 18.5 Å². The van der Waals surface area contributed by atoms with Crippen molar-refractivity contribution in [3.63, 3.8) is 0 Å². The van der Waals surface area contributed by atoms with Crippen molar-refractivity contribution < 1.29 is 4.92 Å². The summed E-state index contributed by atoms with van der Waals surface area (Å²) < 4.78 is 0. The molecule has 0 unspecified atom stereocenters. The zero-order valence-electron chi connectivity index (χ0n) is 8.98. The molecule has 0 atom stereocenters. The number of H-pyrrole nitrogens is 1. The predicted octanol–water partition coefficient (Wildman–Crippen LogP) is 3.24. The smallest absolute Gasteiger partial charge is 0.293 e. The molecule has 0 saturated carbocycles. The van der Waals surface area contributed by atoms with E-state index >= 15 is 0 Å². The Morgan fingerprint density at radius 2 is 2.11 bits per heavy atom. The highest BCUT2D eigenvalue weighted by Gasteiger charge is 2.16. The van der Waals surface area contributed by atoms with E-state index in [4.69, 9.17) is 23.2 Å². The minimum Gasteiger partial charge on any atom is -0.374 e. The molecule has 0 aliphatic rings. The fourth-order valence-corrected chi connectivity index (χ4v) is 1.72. The summed E-state index contributed by atoms with van der Waals surface area (Å²) in [5.41, 5.74) is 0.989. The molecule has 0 saturated heterocycles. The molecule has 1 heterocycles. The van der Waals surface area contributed by atoms with Crippen molar-refractivity contribution >= 4 is 34.6 Å². The molecule has 2 N–H and O–H groups in total. The number of imidazole rings is 1. The third-order valence-electron chi connectivity index (χ3n) is 2.26. The summed E-state index contributed by atoms with van der Waals surface area (Å²) >= 11 is 11.6. The molecule has 0 aliphatic heterocycles. The van der Waals surface area contributed by atoms with Crippen LogP contribution in [0.4, 0.5) is 11.4 Å². The first-order valence-corrected chi connectivity index (χ1v) is 5.68. The van der Waals surface area contributed by atoms with Crippen LogP contribution < -0.4 is 5.32 Å². The summed E-state index contributed by atoms with van der Waals surface area (Å²) in [5, 5.41) is 14.2. The number of nitrogens with one attached hydrogen (secondary N) is 2. The maximum absolute atomic E-state index is 10.9. The van der Waals surface area contributed by atoms with Crippen molar-refractivity contribution in [3.05, 3.63) is 50.5 Å². The first kappa shape index (κ1) is 12.7. The number of nitro groups is 1. The van der Waals surface area contributed by atoms with Crippen LogP contribution >= 0.6 is 23.2 Å². The Morgan fingerprint density at radius 1 is 1.39 bits per heavy atom. The van der Waals surface area contributed by atoms with Gasteiger partial charge in [0, 0.05) is 12.3 Å². The summed E-state index contributed by atoms with van der Waals surface area (Å²) in [6.07, 6.45) is 3.15. The van der Waals surface area contributed by atoms with E-state index in [9.17, 15) is 10.1 Å². The maximum Gasteiger partial charge on any atom is 0.293 e. The molecule has 0 amide bonds. The van der Waals surface area contributed by atoms with Crippen LogP contribution in [-0.4, -0.2) is 14.9 Å². The molecule has 1 aromatic carbocycles. The topological polar surface area (TPSA) is 83.8 Å². The zero-order chi connectivity index (χ0) is 13.1. The predicted molar refractivity (Wildman–Crippen MR) is 69.0 cm³/mol. The van der Waals surface area contributed by atoms with Crippen LogP contribution in [0.5, 0.6) is 0 Å². The molecular formula is C10H8Cl2N4O2. The number of hydrogen-bond acceptors (Lipinski definition) is 4. The number of rotatable bonds is 4. The average Bonchev–Trinajstić information content (AvgIpc) is 2.83. The van der Waals surface area contributed by atoms with Crippen LogP contribution in [0.15, 0.2) is 24.7 Å². The molecule has 0 aliphatic carbocycles. The van der Waals surface area contributed by atoms with Crippen LogP contribution in [0, 0.1) is 10.1 Å². The van der Waals surface area contributed by atoms with Gasteiger partial charge in [-0.05, 0) is 6.07 Å². The van der Waals surface area contributed by atoms with Gasteiger partial charge < -0.3 is 10.3 Å². The van der Waals surface area contributed by atoms with E-state index in [1.54, 1.807) is 6.20 Å². The summed E-state index contributed by atoms with van der Waals surface area (Å²) in [4.78, 5) is 17.1. The van der Waals surface area contributed by atoms with E-state index in [2.05, 4.69) is 15.3 Å². The third kappa shape index (κ3) is 2.72. The number of hydrogen-bond donors (Lipinski definition) is 2. The van der Waals surface area contributed by atoms with Gasteiger partial charge in [-0.15, -0.1) is 0 Å². The summed E-state index contributed by atoms with van der Waals surface area (Å²) in [6, 6.07) is 2.65. The van der Waals surface area contributed by atoms with Gasteiger partial charge in [0.15, 0.2) is 0 Å². The number of nitro benzene ring substituents is 1. The first-order valence-electron chi connectivity index (χ1n) is 4.92. The molecule has 0 fully saturated rings. The summed E-state index contributed by atoms with van der Waals surface area (Å²) in [7, 11) is 0. The molecule has 2 rings (SSSR count). The van der Waals surface area contributed by atoms with Crippen LogP contribution in [0.25, 0.3) is 0 Å². The SMILES string of the molecule is O=[N+]([O-])c1cc(Cl)c(Cl)cc1NCc1cnc[nH]1. The fraction of sp³-hybridized carbons (Fsp3) is 0.100. The molecule has 6 nitrogen and oxygen atoms in total. The molecule has 94 valence electrons. The van der Waals surface area contributed by atoms with Gasteiger partial charge in [0.25, 0.3) is 5.69 Å². The number of aromatic amines is 1. The van der Waals surface area contributed by atoms with E-state index in [-0.39, 0.29) is 15.7 Å². The second-order valence-corrected chi connectivity index (χ2v) is 4.29. The van der Waals surface area contributed by atoms with Gasteiger partial charge in [-0.1, -0.05) is 23.2 Å². The molecule has 8 heteroatoms. The van der Waals surface area contributed by atoms with Crippen molar-refractivity contribution in [2.75, 3.05) is 5.32 Å². The molecule has 2 aromatic rings. The lowest BCUT2D eigenvalue weighted by Gasteiger charge is -2.07. The Morgan fingerprint density at radius 3 is 2.72 bits per heavy atom. The molecular weight excluding hydrogens is 279 g/mol. The Labute approximate surface area is 112 Å². The van der Waals surface area contributed by atoms with Crippen LogP contribution in [-0.2, 0) is 6.54 Å². The Kier molecular flexibility index (Phi) is 3.69. The Balaban J connectivity index is 2.25. The van der Waals surface area contributed by atoms with Gasteiger partial charge in [-0.3, -0.25) is 10.1 Å². The van der Waals surface area contributed by atoms with Gasteiger partial charge in [-0.25, -0.2) is 4.98 Å². The second-order valence-electron chi connectivity index (χ2n) is 3.47. The van der Waals surface area contributed by atoms with E-state index in [1.807, 2.05) is 0 Å². The van der Waals surface area contributed by atoms with Gasteiger partial charge >= 0.3 is 0 Å². The summed E-state index contributed by atoms with van der Waals surface area (Å²) in [6.45, 7) is 0.374. The summed E-state index contributed by atoms with van der Waals surface area (Å²) in [5.74, 6) is 0. The highest BCUT2D eigenvalue weighted by Crippen LogP contribution is 2.34. The normalized spacial score (nSPS) is 10.3. The highest BCUT2D eigenvalue weighted by molar-refractivity contribution is 6.42. The number of benzene rings is 1. The fourth-order valence-electron chi connectivity index (χ4n) is 1.40. The van der Waals surface area contributed by atoms with E-state index < -0.39 is 4.92 Å². The zero-order valence-corrected chi connectivity index (χ0v) is 10.5. The van der Waals surface area contributed by atoms with Crippen LogP contribution in [0.1, 0.15) is 5.69 Å². The van der Waals surface area contributed by atoms with Gasteiger partial charge in [0.2, 0.25) is 0 Å². The minimum absolute atomic E-state index is 0.121. The lowest BCUT2D eigenvalue weighted by molar-refractivity contribution is -0.383. The quantitative estimate of drug-likeness (QED) is 0.668. The van der Waals surface area contributed by atoms with Gasteiger partial charge in [0.1, 0.15) is 5.69 Å². The standard InChI is InChI=1S/C10H8Cl2N4O2/c11-7-1-9(10(16(17)18)2-8(7)12)14-4-6-3-13-5-15-6/h1-3,5,14H,4H2,(H,13,15). The highest BCUT2D eigenvalue weighted by atomic mass is 35.5. The Bertz CT molecular complexity index is 572. The van der Waals surface area contributed by atoms with E-state index in [0.29, 0.717) is 12.2 Å². The largest absolute Gasteiger partial charge is 0.374 e. The molecule has 0 bridgehead atoms. The van der Waals surface area contributed by atoms with Gasteiger partial charge in [0.05, 0.1) is 33.5 Å². The van der Waals surface area contributed by atoms with E-state index in [0.717, 1.165) is 5.69 Å². The lowest BCUT2D eigenvalue weighted by Crippen LogP contribution is -2.03. The van der Waals surface area contributed by atoms with Crippen molar-refractivity contribution in [2.45, 2.75) is 6.54 Å². The number of anilines is 1. The second kappa shape index (κ2) is 5.24. The first-order chi connectivity index (χ1) is 8.58. The molecule has 0 spiro atoms. The molecule has 0 radical (unpaired) electrons. The molecule has 1 aromatic heterocycles. The number of halogens is 2. The average molecular weight is 287 g/mol. The lowest BCUT2D eigenvalue weighted by atomic mass is 10.2. The molecule has 18 heavy (non-hydrogen) atoms. The van der Waals surface area contributed by atoms with Crippen molar-refractivity contribution in [1.29, 1.82) is 0 Å². The van der Waals surface area contributed by atoms with Crippen LogP contribution in [0.3, 0.4) is 0 Å². The number of aromatic nitrogens is 2. The monoisotopic (exact) mass is 286 g/mol. The minimum atomic E-state index is -0.516. The Hall–Kier alpha value is -1.79. The number of nitrogens with zero attached hydrogens (tertiary/aromatic N) is 2. The van der Waals surface area contributed by atoms with Crippen molar-refractivity contribution in [3.8, 4) is 0 Å². The van der Waals surface area contributed by atoms with Crippen molar-refractivity contribution in [2.24, 2.45) is 0 Å². The third-order valence-corrected chi connectivity index (χ3v) is 2.98. The van der Waals surface area contributed by atoms with Crippen LogP contribution in [0.2, 0.25) is 10.0 Å².